The van der Waals surface area contributed by atoms with Gasteiger partial charge in [-0.05, 0) is 12.1 Å². The van der Waals surface area contributed by atoms with Crippen LogP contribution in [0.3, 0.4) is 0 Å². The van der Waals surface area contributed by atoms with Gasteiger partial charge < -0.3 is 24.1 Å². The minimum absolute atomic E-state index is 0.107. The number of hydrogen-bond acceptors (Lipinski definition) is 7. The predicted octanol–water partition coefficient (Wildman–Crippen LogP) is 0.790. The van der Waals surface area contributed by atoms with Crippen molar-refractivity contribution in [1.82, 2.24) is 0 Å². The van der Waals surface area contributed by atoms with Crippen molar-refractivity contribution in [1.29, 1.82) is 0 Å². The van der Waals surface area contributed by atoms with Crippen LogP contribution in [0.2, 0.25) is 0 Å². The molecule has 0 aliphatic carbocycles. The van der Waals surface area contributed by atoms with E-state index in [9.17, 15) is 14.4 Å². The lowest BCUT2D eigenvalue weighted by Crippen LogP contribution is -2.15. The van der Waals surface area contributed by atoms with Gasteiger partial charge in [-0.3, -0.25) is 4.79 Å². The standard InChI is InChI=1S/C16H20O8/c17-11-13-1-3-14(4-2-13)16(20)24-10-9-22-6-5-21-7-8-23-12-15(18)19/h1-4,11H,5-10,12H2,(H,18,19). The summed E-state index contributed by atoms with van der Waals surface area (Å²) in [5, 5.41) is 8.34. The number of benzene rings is 1. The Morgan fingerprint density at radius 1 is 0.875 bits per heavy atom. The zero-order valence-corrected chi connectivity index (χ0v) is 13.1. The molecule has 0 bridgehead atoms. The van der Waals surface area contributed by atoms with Crippen molar-refractivity contribution < 1.29 is 38.4 Å². The molecule has 0 saturated heterocycles. The molecule has 0 heterocycles. The highest BCUT2D eigenvalue weighted by Crippen LogP contribution is 2.04. The molecule has 1 aromatic rings. The SMILES string of the molecule is O=Cc1ccc(C(=O)OCCOCCOCCOCC(=O)O)cc1. The summed E-state index contributed by atoms with van der Waals surface area (Å²) in [5.74, 6) is -1.50. The highest BCUT2D eigenvalue weighted by Gasteiger charge is 2.06. The number of rotatable bonds is 13. The van der Waals surface area contributed by atoms with Crippen LogP contribution in [0.4, 0.5) is 0 Å². The first-order chi connectivity index (χ1) is 11.6. The Labute approximate surface area is 139 Å². The van der Waals surface area contributed by atoms with Crippen molar-refractivity contribution in [3.05, 3.63) is 35.4 Å². The number of carbonyl (C=O) groups excluding carboxylic acids is 2. The lowest BCUT2D eigenvalue weighted by Gasteiger charge is -2.07. The summed E-state index contributed by atoms with van der Waals surface area (Å²) in [4.78, 5) is 32.4. The molecule has 0 amide bonds. The number of hydrogen-bond donors (Lipinski definition) is 1. The highest BCUT2D eigenvalue weighted by molar-refractivity contribution is 5.90. The van der Waals surface area contributed by atoms with Crippen LogP contribution in [0.15, 0.2) is 24.3 Å². The van der Waals surface area contributed by atoms with Crippen molar-refractivity contribution in [2.75, 3.05) is 46.2 Å². The molecule has 0 radical (unpaired) electrons. The van der Waals surface area contributed by atoms with Gasteiger partial charge in [0.15, 0.2) is 0 Å². The molecule has 1 rings (SSSR count). The van der Waals surface area contributed by atoms with E-state index < -0.39 is 11.9 Å². The molecule has 0 saturated carbocycles. The summed E-state index contributed by atoms with van der Waals surface area (Å²) >= 11 is 0. The first-order valence-corrected chi connectivity index (χ1v) is 7.31. The maximum atomic E-state index is 11.7. The third kappa shape index (κ3) is 8.99. The smallest absolute Gasteiger partial charge is 0.338 e. The molecule has 1 N–H and O–H groups in total. The molecule has 8 heteroatoms. The van der Waals surface area contributed by atoms with Crippen LogP contribution in [-0.4, -0.2) is 69.6 Å². The second kappa shape index (κ2) is 12.2. The van der Waals surface area contributed by atoms with Crippen molar-refractivity contribution in [2.45, 2.75) is 0 Å². The van der Waals surface area contributed by atoms with Gasteiger partial charge in [0.05, 0.1) is 38.6 Å². The maximum absolute atomic E-state index is 11.7. The lowest BCUT2D eigenvalue weighted by atomic mass is 10.1. The van der Waals surface area contributed by atoms with Gasteiger partial charge in [0.2, 0.25) is 0 Å². The predicted molar refractivity (Wildman–Crippen MR) is 82.2 cm³/mol. The monoisotopic (exact) mass is 340 g/mol. The van der Waals surface area contributed by atoms with Gasteiger partial charge in [-0.15, -0.1) is 0 Å². The third-order valence-corrected chi connectivity index (χ3v) is 2.71. The van der Waals surface area contributed by atoms with Crippen LogP contribution in [0.5, 0.6) is 0 Å². The Bertz CT molecular complexity index is 511. The first-order valence-electron chi connectivity index (χ1n) is 7.31. The number of esters is 1. The molecule has 0 aliphatic rings. The van der Waals surface area contributed by atoms with Crippen molar-refractivity contribution in [3.63, 3.8) is 0 Å². The molecule has 0 fully saturated rings. The van der Waals surface area contributed by atoms with Crippen molar-refractivity contribution in [3.8, 4) is 0 Å². The first kappa shape index (κ1) is 19.8. The van der Waals surface area contributed by atoms with E-state index in [4.69, 9.17) is 24.1 Å². The van der Waals surface area contributed by atoms with E-state index in [1.807, 2.05) is 0 Å². The topological polar surface area (TPSA) is 108 Å². The van der Waals surface area contributed by atoms with Crippen LogP contribution in [0, 0.1) is 0 Å². The van der Waals surface area contributed by atoms with Crippen LogP contribution in [-0.2, 0) is 23.7 Å². The van der Waals surface area contributed by atoms with E-state index in [0.717, 1.165) is 0 Å². The molecule has 0 atom stereocenters. The van der Waals surface area contributed by atoms with E-state index >= 15 is 0 Å². The Morgan fingerprint density at radius 2 is 1.42 bits per heavy atom. The van der Waals surface area contributed by atoms with Crippen LogP contribution < -0.4 is 0 Å². The summed E-state index contributed by atoms with van der Waals surface area (Å²) in [7, 11) is 0. The Balaban J connectivity index is 1.97. The number of carboxylic acids is 1. The molecule has 0 aromatic heterocycles. The van der Waals surface area contributed by atoms with Crippen molar-refractivity contribution in [2.24, 2.45) is 0 Å². The van der Waals surface area contributed by atoms with Gasteiger partial charge in [0, 0.05) is 5.56 Å². The summed E-state index contributed by atoms with van der Waals surface area (Å²) in [5.41, 5.74) is 0.855. The Morgan fingerprint density at radius 3 is 1.96 bits per heavy atom. The van der Waals surface area contributed by atoms with Gasteiger partial charge in [0.1, 0.15) is 19.5 Å². The quantitative estimate of drug-likeness (QED) is 0.319. The second-order valence-corrected chi connectivity index (χ2v) is 4.55. The molecule has 0 spiro atoms. The third-order valence-electron chi connectivity index (χ3n) is 2.71. The van der Waals surface area contributed by atoms with E-state index in [1.54, 1.807) is 0 Å². The fourth-order valence-corrected chi connectivity index (χ4v) is 1.57. The molecular weight excluding hydrogens is 320 g/mol. The minimum Gasteiger partial charge on any atom is -0.480 e. The van der Waals surface area contributed by atoms with E-state index in [2.05, 4.69) is 0 Å². The summed E-state index contributed by atoms with van der Waals surface area (Å²) in [6.07, 6.45) is 0.698. The van der Waals surface area contributed by atoms with Crippen LogP contribution in [0.25, 0.3) is 0 Å². The minimum atomic E-state index is -1.02. The van der Waals surface area contributed by atoms with Gasteiger partial charge in [-0.25, -0.2) is 9.59 Å². The molecule has 0 aliphatic heterocycles. The van der Waals surface area contributed by atoms with Gasteiger partial charge in [-0.2, -0.15) is 0 Å². The average molecular weight is 340 g/mol. The maximum Gasteiger partial charge on any atom is 0.338 e. The molecule has 0 unspecified atom stereocenters. The Hall–Kier alpha value is -2.29. The lowest BCUT2D eigenvalue weighted by molar-refractivity contribution is -0.142. The fraction of sp³-hybridized carbons (Fsp3) is 0.438. The fourth-order valence-electron chi connectivity index (χ4n) is 1.57. The van der Waals surface area contributed by atoms with Crippen LogP contribution in [0.1, 0.15) is 20.7 Å². The molecule has 24 heavy (non-hydrogen) atoms. The number of carboxylic acid groups (broad SMARTS) is 1. The van der Waals surface area contributed by atoms with Gasteiger partial charge in [-0.1, -0.05) is 12.1 Å². The second-order valence-electron chi connectivity index (χ2n) is 4.55. The summed E-state index contributed by atoms with van der Waals surface area (Å²) < 4.78 is 20.2. The largest absolute Gasteiger partial charge is 0.480 e. The molecule has 8 nitrogen and oxygen atoms in total. The summed E-state index contributed by atoms with van der Waals surface area (Å²) in [6.45, 7) is 1.13. The van der Waals surface area contributed by atoms with Crippen molar-refractivity contribution >= 4 is 18.2 Å². The summed E-state index contributed by atoms with van der Waals surface area (Å²) in [6, 6.07) is 6.12. The zero-order chi connectivity index (χ0) is 17.6. The van der Waals surface area contributed by atoms with E-state index in [-0.39, 0.29) is 33.0 Å². The van der Waals surface area contributed by atoms with Gasteiger partial charge in [0.25, 0.3) is 0 Å². The number of aldehydes is 1. The molecule has 1 aromatic carbocycles. The number of aliphatic carboxylic acids is 1. The zero-order valence-electron chi connectivity index (χ0n) is 13.1. The Kier molecular flexibility index (Phi) is 10.0. The van der Waals surface area contributed by atoms with E-state index in [1.165, 1.54) is 24.3 Å². The number of carbonyl (C=O) groups is 3. The molecular formula is C16H20O8. The number of ether oxygens (including phenoxy) is 4. The normalized spacial score (nSPS) is 10.3. The van der Waals surface area contributed by atoms with Gasteiger partial charge >= 0.3 is 11.9 Å². The van der Waals surface area contributed by atoms with E-state index in [0.29, 0.717) is 30.6 Å². The van der Waals surface area contributed by atoms with Crippen LogP contribution >= 0.6 is 0 Å². The average Bonchev–Trinajstić information content (AvgIpc) is 2.59. The highest BCUT2D eigenvalue weighted by atomic mass is 16.6. The molecule has 132 valence electrons.